The number of nitriles is 1. The van der Waals surface area contributed by atoms with E-state index in [1.54, 1.807) is 0 Å². The molecule has 0 saturated heterocycles. The number of nitrogens with two attached hydrogens (primary N) is 1. The molecule has 1 heterocycles. The number of aromatic nitrogens is 2. The zero-order chi connectivity index (χ0) is 15.9. The van der Waals surface area contributed by atoms with Crippen molar-refractivity contribution in [2.45, 2.75) is 43.9 Å². The molecule has 1 aromatic heterocycles. The number of halogens is 3. The van der Waals surface area contributed by atoms with Gasteiger partial charge < -0.3 is 10.3 Å². The Labute approximate surface area is 125 Å². The van der Waals surface area contributed by atoms with Gasteiger partial charge in [-0.2, -0.15) is 18.4 Å². The lowest BCUT2D eigenvalue weighted by atomic mass is 9.91. The first-order valence-corrected chi connectivity index (χ1v) is 7.13. The van der Waals surface area contributed by atoms with Crippen LogP contribution in [0.5, 0.6) is 0 Å². The minimum atomic E-state index is -4.49. The average molecular weight is 308 g/mol. The minimum Gasteiger partial charge on any atom is -0.328 e. The monoisotopic (exact) mass is 308 g/mol. The molecule has 1 aliphatic carbocycles. The van der Waals surface area contributed by atoms with E-state index in [4.69, 9.17) is 5.73 Å². The van der Waals surface area contributed by atoms with E-state index in [-0.39, 0.29) is 23.2 Å². The summed E-state index contributed by atoms with van der Waals surface area (Å²) in [7, 11) is 0. The van der Waals surface area contributed by atoms with Gasteiger partial charge in [0.05, 0.1) is 28.5 Å². The van der Waals surface area contributed by atoms with Crippen LogP contribution < -0.4 is 5.73 Å². The molecule has 22 heavy (non-hydrogen) atoms. The first-order chi connectivity index (χ1) is 10.4. The van der Waals surface area contributed by atoms with E-state index in [0.29, 0.717) is 5.52 Å². The van der Waals surface area contributed by atoms with Crippen LogP contribution in [0.3, 0.4) is 0 Å². The third kappa shape index (κ3) is 2.55. The average Bonchev–Trinajstić information content (AvgIpc) is 2.89. The molecule has 0 amide bonds. The van der Waals surface area contributed by atoms with E-state index in [0.717, 1.165) is 37.8 Å². The van der Waals surface area contributed by atoms with Crippen molar-refractivity contribution in [2.75, 3.05) is 0 Å². The number of hydrogen-bond acceptors (Lipinski definition) is 3. The van der Waals surface area contributed by atoms with Gasteiger partial charge in [0.15, 0.2) is 0 Å². The third-order valence-electron chi connectivity index (χ3n) is 4.20. The molecule has 1 saturated carbocycles. The molecule has 0 radical (unpaired) electrons. The van der Waals surface area contributed by atoms with Crippen LogP contribution in [0.2, 0.25) is 0 Å². The Bertz CT molecular complexity index is 742. The quantitative estimate of drug-likeness (QED) is 0.878. The lowest BCUT2D eigenvalue weighted by Gasteiger charge is -2.28. The lowest BCUT2D eigenvalue weighted by molar-refractivity contribution is -0.137. The van der Waals surface area contributed by atoms with Crippen molar-refractivity contribution in [2.24, 2.45) is 5.73 Å². The Kier molecular flexibility index (Phi) is 3.57. The molecule has 0 bridgehead atoms. The Morgan fingerprint density at radius 2 is 2.09 bits per heavy atom. The van der Waals surface area contributed by atoms with E-state index in [1.807, 2.05) is 10.6 Å². The summed E-state index contributed by atoms with van der Waals surface area (Å²) in [5.74, 6) is 0. The molecule has 7 heteroatoms. The standard InChI is InChI=1S/C15H15F3N4/c16-15(17,18)10-4-9(7-19)14-13(5-10)21-8-22(14)12-3-1-2-11(20)6-12/h4-5,8,11-12H,1-3,6,20H2/t11-,12+/m1/s1. The number of imidazole rings is 1. The van der Waals surface area contributed by atoms with Crippen LogP contribution in [0.1, 0.15) is 42.9 Å². The van der Waals surface area contributed by atoms with Crippen molar-refractivity contribution in [3.63, 3.8) is 0 Å². The summed E-state index contributed by atoms with van der Waals surface area (Å²) in [6, 6.07) is 3.92. The highest BCUT2D eigenvalue weighted by atomic mass is 19.4. The molecular formula is C15H15F3N4. The molecule has 4 nitrogen and oxygen atoms in total. The van der Waals surface area contributed by atoms with Gasteiger partial charge in [-0.1, -0.05) is 0 Å². The first-order valence-electron chi connectivity index (χ1n) is 7.13. The maximum Gasteiger partial charge on any atom is 0.416 e. The van der Waals surface area contributed by atoms with Crippen LogP contribution in [0.15, 0.2) is 18.5 Å². The number of benzene rings is 1. The van der Waals surface area contributed by atoms with Gasteiger partial charge in [-0.15, -0.1) is 0 Å². The van der Waals surface area contributed by atoms with E-state index < -0.39 is 11.7 Å². The second-order valence-electron chi connectivity index (χ2n) is 5.73. The van der Waals surface area contributed by atoms with E-state index >= 15 is 0 Å². The summed E-state index contributed by atoms with van der Waals surface area (Å²) < 4.78 is 40.5. The van der Waals surface area contributed by atoms with E-state index in [9.17, 15) is 18.4 Å². The fraction of sp³-hybridized carbons (Fsp3) is 0.467. The second-order valence-corrected chi connectivity index (χ2v) is 5.73. The fourth-order valence-electron chi connectivity index (χ4n) is 3.15. The van der Waals surface area contributed by atoms with E-state index in [1.165, 1.54) is 6.33 Å². The Morgan fingerprint density at radius 3 is 2.73 bits per heavy atom. The summed E-state index contributed by atoms with van der Waals surface area (Å²) in [4.78, 5) is 4.07. The van der Waals surface area contributed by atoms with Gasteiger partial charge in [-0.3, -0.25) is 0 Å². The van der Waals surface area contributed by atoms with Crippen LogP contribution in [-0.2, 0) is 6.18 Å². The number of fused-ring (bicyclic) bond motifs is 1. The van der Waals surface area contributed by atoms with Gasteiger partial charge in [-0.25, -0.2) is 4.98 Å². The smallest absolute Gasteiger partial charge is 0.328 e. The minimum absolute atomic E-state index is 0.00136. The number of nitrogens with zero attached hydrogens (tertiary/aromatic N) is 3. The predicted molar refractivity (Wildman–Crippen MR) is 74.9 cm³/mol. The molecule has 0 unspecified atom stereocenters. The predicted octanol–water partition coefficient (Wildman–Crippen LogP) is 3.37. The second kappa shape index (κ2) is 5.29. The van der Waals surface area contributed by atoms with Gasteiger partial charge in [0, 0.05) is 12.1 Å². The molecule has 2 atom stereocenters. The molecule has 1 aromatic carbocycles. The molecule has 0 spiro atoms. The SMILES string of the molecule is N#Cc1cc(C(F)(F)F)cc2ncn([C@H]3CCC[C@@H](N)C3)c12. The molecule has 116 valence electrons. The van der Waals surface area contributed by atoms with Crippen molar-refractivity contribution >= 4 is 11.0 Å². The van der Waals surface area contributed by atoms with Crippen LogP contribution in [-0.4, -0.2) is 15.6 Å². The molecule has 1 fully saturated rings. The summed E-state index contributed by atoms with van der Waals surface area (Å²) in [5.41, 5.74) is 5.80. The summed E-state index contributed by atoms with van der Waals surface area (Å²) in [6.45, 7) is 0. The van der Waals surface area contributed by atoms with Crippen molar-refractivity contribution in [1.29, 1.82) is 5.26 Å². The van der Waals surface area contributed by atoms with Crippen LogP contribution in [0, 0.1) is 11.3 Å². The largest absolute Gasteiger partial charge is 0.416 e. The van der Waals surface area contributed by atoms with Gasteiger partial charge in [0.2, 0.25) is 0 Å². The van der Waals surface area contributed by atoms with Gasteiger partial charge in [0.25, 0.3) is 0 Å². The molecule has 2 N–H and O–H groups in total. The van der Waals surface area contributed by atoms with Crippen LogP contribution in [0.4, 0.5) is 13.2 Å². The first kappa shape index (κ1) is 14.9. The Hall–Kier alpha value is -2.07. The Morgan fingerprint density at radius 1 is 1.32 bits per heavy atom. The van der Waals surface area contributed by atoms with Crippen LogP contribution in [0.25, 0.3) is 11.0 Å². The summed E-state index contributed by atoms with van der Waals surface area (Å²) in [6.07, 6.45) is 0.591. The topological polar surface area (TPSA) is 67.6 Å². The van der Waals surface area contributed by atoms with Gasteiger partial charge in [0.1, 0.15) is 6.07 Å². The summed E-state index contributed by atoms with van der Waals surface area (Å²) in [5, 5.41) is 9.24. The maximum atomic E-state index is 12.9. The normalized spacial score (nSPS) is 22.7. The maximum absolute atomic E-state index is 12.9. The highest BCUT2D eigenvalue weighted by Gasteiger charge is 2.32. The van der Waals surface area contributed by atoms with Crippen molar-refractivity contribution in [1.82, 2.24) is 9.55 Å². The Balaban J connectivity index is 2.13. The highest BCUT2D eigenvalue weighted by Crippen LogP contribution is 2.35. The fourth-order valence-corrected chi connectivity index (χ4v) is 3.15. The lowest BCUT2D eigenvalue weighted by Crippen LogP contribution is -2.29. The zero-order valence-electron chi connectivity index (χ0n) is 11.8. The van der Waals surface area contributed by atoms with Gasteiger partial charge >= 0.3 is 6.18 Å². The van der Waals surface area contributed by atoms with E-state index in [2.05, 4.69) is 4.98 Å². The molecule has 0 aliphatic heterocycles. The van der Waals surface area contributed by atoms with Gasteiger partial charge in [-0.05, 0) is 37.8 Å². The van der Waals surface area contributed by atoms with Crippen molar-refractivity contribution in [3.8, 4) is 6.07 Å². The zero-order valence-corrected chi connectivity index (χ0v) is 11.8. The summed E-state index contributed by atoms with van der Waals surface area (Å²) >= 11 is 0. The number of alkyl halides is 3. The molecule has 2 aromatic rings. The van der Waals surface area contributed by atoms with Crippen LogP contribution >= 0.6 is 0 Å². The third-order valence-corrected chi connectivity index (χ3v) is 4.20. The van der Waals surface area contributed by atoms with Crippen molar-refractivity contribution in [3.05, 3.63) is 29.6 Å². The highest BCUT2D eigenvalue weighted by molar-refractivity contribution is 5.83. The molecule has 3 rings (SSSR count). The molecular weight excluding hydrogens is 293 g/mol. The van der Waals surface area contributed by atoms with Crippen molar-refractivity contribution < 1.29 is 13.2 Å². The number of hydrogen-bond donors (Lipinski definition) is 1. The number of rotatable bonds is 1. The molecule has 1 aliphatic rings.